The lowest BCUT2D eigenvalue weighted by atomic mass is 10.1. The van der Waals surface area contributed by atoms with Crippen molar-refractivity contribution < 1.29 is 4.79 Å². The molecule has 2 rings (SSSR count). The van der Waals surface area contributed by atoms with Crippen LogP contribution in [-0.2, 0) is 4.79 Å². The van der Waals surface area contributed by atoms with Gasteiger partial charge in [-0.2, -0.15) is 0 Å². The molecule has 0 saturated carbocycles. The molecule has 0 unspecified atom stereocenters. The third kappa shape index (κ3) is 2.84. The van der Waals surface area contributed by atoms with E-state index < -0.39 is 0 Å². The average molecular weight is 246 g/mol. The standard InChI is InChI=1S/C15H22N2O/c1-3-16(4-2)13-5-7-14(8-6-13)17-11-9-15(18)10-12-17/h5-8H,3-4,9-12H2,1-2H3. The van der Waals surface area contributed by atoms with E-state index in [1.807, 2.05) is 0 Å². The van der Waals surface area contributed by atoms with Crippen molar-refractivity contribution in [3.63, 3.8) is 0 Å². The number of rotatable bonds is 4. The Morgan fingerprint density at radius 1 is 1.06 bits per heavy atom. The van der Waals surface area contributed by atoms with Crippen LogP contribution in [0.25, 0.3) is 0 Å². The van der Waals surface area contributed by atoms with E-state index >= 15 is 0 Å². The van der Waals surface area contributed by atoms with E-state index in [4.69, 9.17) is 0 Å². The molecule has 3 nitrogen and oxygen atoms in total. The van der Waals surface area contributed by atoms with Crippen molar-refractivity contribution in [2.45, 2.75) is 26.7 Å². The predicted octanol–water partition coefficient (Wildman–Crippen LogP) is 2.70. The van der Waals surface area contributed by atoms with Gasteiger partial charge >= 0.3 is 0 Å². The smallest absolute Gasteiger partial charge is 0.136 e. The number of hydrogen-bond acceptors (Lipinski definition) is 3. The first-order valence-corrected chi connectivity index (χ1v) is 6.86. The molecule has 1 aromatic rings. The van der Waals surface area contributed by atoms with E-state index in [0.717, 1.165) is 26.2 Å². The molecule has 18 heavy (non-hydrogen) atoms. The predicted molar refractivity (Wildman–Crippen MR) is 76.5 cm³/mol. The maximum absolute atomic E-state index is 11.2. The summed E-state index contributed by atoms with van der Waals surface area (Å²) in [4.78, 5) is 15.9. The van der Waals surface area contributed by atoms with Gasteiger partial charge in [0.05, 0.1) is 0 Å². The Morgan fingerprint density at radius 3 is 2.11 bits per heavy atom. The molecule has 0 atom stereocenters. The third-order valence-electron chi connectivity index (χ3n) is 3.66. The molecule has 0 radical (unpaired) electrons. The highest BCUT2D eigenvalue weighted by Gasteiger charge is 2.16. The van der Waals surface area contributed by atoms with E-state index in [1.165, 1.54) is 11.4 Å². The first-order valence-electron chi connectivity index (χ1n) is 6.86. The monoisotopic (exact) mass is 246 g/mol. The van der Waals surface area contributed by atoms with Crippen molar-refractivity contribution in [2.75, 3.05) is 36.0 Å². The van der Waals surface area contributed by atoms with Crippen LogP contribution < -0.4 is 9.80 Å². The van der Waals surface area contributed by atoms with Gasteiger partial charge in [0.25, 0.3) is 0 Å². The molecule has 98 valence electrons. The Morgan fingerprint density at radius 2 is 1.61 bits per heavy atom. The number of benzene rings is 1. The van der Waals surface area contributed by atoms with Gasteiger partial charge in [-0.1, -0.05) is 0 Å². The molecule has 0 spiro atoms. The number of ketones is 1. The molecule has 0 bridgehead atoms. The van der Waals surface area contributed by atoms with Crippen molar-refractivity contribution >= 4 is 17.2 Å². The van der Waals surface area contributed by atoms with Crippen LogP contribution in [-0.4, -0.2) is 32.0 Å². The summed E-state index contributed by atoms with van der Waals surface area (Å²) in [6.07, 6.45) is 1.38. The first-order chi connectivity index (χ1) is 8.74. The molecule has 3 heteroatoms. The minimum absolute atomic E-state index is 0.394. The summed E-state index contributed by atoms with van der Waals surface area (Å²) in [5.74, 6) is 0.394. The van der Waals surface area contributed by atoms with Gasteiger partial charge in [0, 0.05) is 50.4 Å². The molecule has 1 aliphatic rings. The van der Waals surface area contributed by atoms with Gasteiger partial charge in [0.15, 0.2) is 0 Å². The first kappa shape index (κ1) is 12.9. The minimum Gasteiger partial charge on any atom is -0.372 e. The van der Waals surface area contributed by atoms with Crippen molar-refractivity contribution in [1.82, 2.24) is 0 Å². The zero-order chi connectivity index (χ0) is 13.0. The van der Waals surface area contributed by atoms with Gasteiger partial charge in [-0.3, -0.25) is 4.79 Å². The molecule has 0 N–H and O–H groups in total. The maximum Gasteiger partial charge on any atom is 0.136 e. The molecule has 0 aliphatic carbocycles. The fraction of sp³-hybridized carbons (Fsp3) is 0.533. The Labute approximate surface area is 109 Å². The summed E-state index contributed by atoms with van der Waals surface area (Å²) >= 11 is 0. The second kappa shape index (κ2) is 5.89. The molecule has 1 aliphatic heterocycles. The highest BCUT2D eigenvalue weighted by molar-refractivity contribution is 5.81. The molecule has 0 aromatic heterocycles. The summed E-state index contributed by atoms with van der Waals surface area (Å²) < 4.78 is 0. The Hall–Kier alpha value is -1.51. The van der Waals surface area contributed by atoms with Crippen LogP contribution in [0.3, 0.4) is 0 Å². The van der Waals surface area contributed by atoms with E-state index in [-0.39, 0.29) is 0 Å². The lowest BCUT2D eigenvalue weighted by molar-refractivity contribution is -0.119. The summed E-state index contributed by atoms with van der Waals surface area (Å²) in [5, 5.41) is 0. The molecule has 0 amide bonds. The zero-order valence-electron chi connectivity index (χ0n) is 11.4. The molecular weight excluding hydrogens is 224 g/mol. The van der Waals surface area contributed by atoms with Crippen LogP contribution in [0.2, 0.25) is 0 Å². The number of hydrogen-bond donors (Lipinski definition) is 0. The Balaban J connectivity index is 2.05. The van der Waals surface area contributed by atoms with Crippen molar-refractivity contribution in [2.24, 2.45) is 0 Å². The molecule has 1 fully saturated rings. The van der Waals surface area contributed by atoms with E-state index in [2.05, 4.69) is 47.9 Å². The van der Waals surface area contributed by atoms with Crippen LogP contribution in [0.5, 0.6) is 0 Å². The topological polar surface area (TPSA) is 23.6 Å². The summed E-state index contributed by atoms with van der Waals surface area (Å²) in [7, 11) is 0. The van der Waals surface area contributed by atoms with Crippen molar-refractivity contribution in [3.8, 4) is 0 Å². The van der Waals surface area contributed by atoms with Crippen molar-refractivity contribution in [1.29, 1.82) is 0 Å². The van der Waals surface area contributed by atoms with Crippen LogP contribution in [0.15, 0.2) is 24.3 Å². The lowest BCUT2D eigenvalue weighted by Crippen LogP contribution is -2.33. The average Bonchev–Trinajstić information content (AvgIpc) is 2.42. The number of anilines is 2. The number of nitrogens with zero attached hydrogens (tertiary/aromatic N) is 2. The third-order valence-corrected chi connectivity index (χ3v) is 3.66. The normalized spacial score (nSPS) is 15.9. The highest BCUT2D eigenvalue weighted by atomic mass is 16.1. The maximum atomic E-state index is 11.2. The largest absolute Gasteiger partial charge is 0.372 e. The van der Waals surface area contributed by atoms with E-state index in [0.29, 0.717) is 18.6 Å². The van der Waals surface area contributed by atoms with Crippen molar-refractivity contribution in [3.05, 3.63) is 24.3 Å². The number of Topliss-reactive ketones (excluding diaryl/α,β-unsaturated/α-hetero) is 1. The highest BCUT2D eigenvalue weighted by Crippen LogP contribution is 2.22. The SMILES string of the molecule is CCN(CC)c1ccc(N2CCC(=O)CC2)cc1. The fourth-order valence-electron chi connectivity index (χ4n) is 2.48. The fourth-order valence-corrected chi connectivity index (χ4v) is 2.48. The lowest BCUT2D eigenvalue weighted by Gasteiger charge is -2.29. The van der Waals surface area contributed by atoms with Gasteiger partial charge in [0.1, 0.15) is 5.78 Å². The summed E-state index contributed by atoms with van der Waals surface area (Å²) in [6, 6.07) is 8.70. The van der Waals surface area contributed by atoms with Gasteiger partial charge in [-0.05, 0) is 38.1 Å². The molecular formula is C15H22N2O. The van der Waals surface area contributed by atoms with Gasteiger partial charge < -0.3 is 9.80 Å². The van der Waals surface area contributed by atoms with Crippen LogP contribution in [0, 0.1) is 0 Å². The summed E-state index contributed by atoms with van der Waals surface area (Å²) in [6.45, 7) is 8.15. The van der Waals surface area contributed by atoms with E-state index in [9.17, 15) is 4.79 Å². The number of piperidine rings is 1. The van der Waals surface area contributed by atoms with Crippen LogP contribution >= 0.6 is 0 Å². The minimum atomic E-state index is 0.394. The quantitative estimate of drug-likeness (QED) is 0.816. The molecule has 1 heterocycles. The Kier molecular flexibility index (Phi) is 4.24. The molecule has 1 aromatic carbocycles. The van der Waals surface area contributed by atoms with Crippen LogP contribution in [0.1, 0.15) is 26.7 Å². The second-order valence-electron chi connectivity index (χ2n) is 4.71. The van der Waals surface area contributed by atoms with E-state index in [1.54, 1.807) is 0 Å². The van der Waals surface area contributed by atoms with Crippen LogP contribution in [0.4, 0.5) is 11.4 Å². The van der Waals surface area contributed by atoms with Gasteiger partial charge in [0.2, 0.25) is 0 Å². The summed E-state index contributed by atoms with van der Waals surface area (Å²) in [5.41, 5.74) is 2.51. The zero-order valence-corrected chi connectivity index (χ0v) is 11.4. The second-order valence-corrected chi connectivity index (χ2v) is 4.71. The number of carbonyl (C=O) groups is 1. The molecule has 1 saturated heterocycles. The van der Waals surface area contributed by atoms with Gasteiger partial charge in [-0.15, -0.1) is 0 Å². The number of carbonyl (C=O) groups excluding carboxylic acids is 1. The Bertz CT molecular complexity index is 385. The van der Waals surface area contributed by atoms with Gasteiger partial charge in [-0.25, -0.2) is 0 Å².